The molecular weight excluding hydrogens is 502 g/mol. The monoisotopic (exact) mass is 517 g/mol. The van der Waals surface area contributed by atoms with Gasteiger partial charge in [-0.05, 0) is 60.7 Å². The van der Waals surface area contributed by atoms with Gasteiger partial charge in [0.25, 0.3) is 11.6 Å². The Balaban J connectivity index is 1.31. The third kappa shape index (κ3) is 4.67. The van der Waals surface area contributed by atoms with Crippen LogP contribution in [0.4, 0.5) is 11.4 Å². The number of hydrogen-bond acceptors (Lipinski definition) is 6. The van der Waals surface area contributed by atoms with Gasteiger partial charge >= 0.3 is 0 Å². The molecule has 9 nitrogen and oxygen atoms in total. The molecule has 11 heteroatoms. The highest BCUT2D eigenvalue weighted by Gasteiger charge is 2.20. The van der Waals surface area contributed by atoms with E-state index in [0.29, 0.717) is 16.5 Å². The largest absolute Gasteiger partial charge is 0.451 e. The van der Waals surface area contributed by atoms with Crippen LogP contribution in [0, 0.1) is 10.1 Å². The maximum absolute atomic E-state index is 12.7. The van der Waals surface area contributed by atoms with Crippen LogP contribution in [0.3, 0.4) is 0 Å². The molecule has 1 amide bonds. The molecule has 0 unspecified atom stereocenters. The number of halogens is 1. The van der Waals surface area contributed by atoms with E-state index in [-0.39, 0.29) is 27.9 Å². The first kappa shape index (κ1) is 23.2. The van der Waals surface area contributed by atoms with Gasteiger partial charge < -0.3 is 14.7 Å². The number of aromatic nitrogens is 2. The third-order valence-electron chi connectivity index (χ3n) is 5.30. The molecule has 2 heterocycles. The Morgan fingerprint density at radius 3 is 2.64 bits per heavy atom. The number of nitro benzene ring substituents is 1. The zero-order valence-corrected chi connectivity index (χ0v) is 19.9. The Kier molecular flexibility index (Phi) is 6.19. The topological polar surface area (TPSA) is 126 Å². The Morgan fingerprint density at radius 1 is 1.06 bits per heavy atom. The van der Waals surface area contributed by atoms with Gasteiger partial charge in [0.05, 0.1) is 32.2 Å². The van der Waals surface area contributed by atoms with Crippen LogP contribution >= 0.6 is 23.8 Å². The zero-order valence-electron chi connectivity index (χ0n) is 18.3. The molecule has 0 spiro atoms. The number of nitrogens with one attached hydrogen (secondary N) is 3. The van der Waals surface area contributed by atoms with Crippen molar-refractivity contribution >= 4 is 57.2 Å². The fourth-order valence-electron chi connectivity index (χ4n) is 3.62. The number of fused-ring (bicyclic) bond motifs is 1. The number of imidazole rings is 1. The smallest absolute Gasteiger partial charge is 0.293 e. The van der Waals surface area contributed by atoms with Crippen LogP contribution in [0.25, 0.3) is 33.7 Å². The van der Waals surface area contributed by atoms with Crippen LogP contribution in [0.15, 0.2) is 83.3 Å². The highest BCUT2D eigenvalue weighted by Crippen LogP contribution is 2.31. The number of thiocarbonyl (C=S) groups is 1. The van der Waals surface area contributed by atoms with E-state index in [1.807, 2.05) is 30.3 Å². The lowest BCUT2D eigenvalue weighted by molar-refractivity contribution is -0.384. The molecule has 3 aromatic carbocycles. The molecule has 2 aromatic heterocycles. The maximum Gasteiger partial charge on any atom is 0.293 e. The van der Waals surface area contributed by atoms with Crippen molar-refractivity contribution in [1.82, 2.24) is 15.3 Å². The number of para-hydroxylation sites is 3. The van der Waals surface area contributed by atoms with Crippen molar-refractivity contribution in [2.75, 3.05) is 5.32 Å². The molecule has 0 bridgehead atoms. The number of hydrogen-bond donors (Lipinski definition) is 3. The van der Waals surface area contributed by atoms with E-state index in [9.17, 15) is 14.9 Å². The molecule has 0 aliphatic heterocycles. The lowest BCUT2D eigenvalue weighted by Crippen LogP contribution is -2.34. The fourth-order valence-corrected chi connectivity index (χ4v) is 3.99. The number of nitrogens with zero attached hydrogens (tertiary/aromatic N) is 2. The molecule has 3 N–H and O–H groups in total. The SMILES string of the molecule is O=C(NC(=S)Nc1cc(-c2nc3ccccc3[nH]2)ccc1Cl)c1ccc(-c2ccccc2[N+](=O)[O-])o1. The molecule has 0 aliphatic rings. The second-order valence-electron chi connectivity index (χ2n) is 7.64. The van der Waals surface area contributed by atoms with Gasteiger partial charge in [-0.25, -0.2) is 4.98 Å². The Bertz CT molecular complexity index is 1610. The van der Waals surface area contributed by atoms with Crippen molar-refractivity contribution in [1.29, 1.82) is 0 Å². The number of nitro groups is 1. The summed E-state index contributed by atoms with van der Waals surface area (Å²) in [4.78, 5) is 31.3. The highest BCUT2D eigenvalue weighted by atomic mass is 35.5. The summed E-state index contributed by atoms with van der Waals surface area (Å²) in [5.41, 5.74) is 3.11. The first-order valence-corrected chi connectivity index (χ1v) is 11.4. The molecule has 5 aromatic rings. The number of rotatable bonds is 5. The predicted molar refractivity (Wildman–Crippen MR) is 141 cm³/mol. The first-order chi connectivity index (χ1) is 17.4. The number of amides is 1. The summed E-state index contributed by atoms with van der Waals surface area (Å²) < 4.78 is 5.56. The Labute approximate surface area is 214 Å². The number of carbonyl (C=O) groups excluding carboxylic acids is 1. The summed E-state index contributed by atoms with van der Waals surface area (Å²) >= 11 is 11.6. The predicted octanol–water partition coefficient (Wildman–Crippen LogP) is 6.18. The molecule has 0 saturated heterocycles. The van der Waals surface area contributed by atoms with Gasteiger partial charge in [-0.2, -0.15) is 0 Å². The van der Waals surface area contributed by atoms with Gasteiger partial charge in [0.1, 0.15) is 11.6 Å². The molecule has 0 saturated carbocycles. The summed E-state index contributed by atoms with van der Waals surface area (Å²) in [6, 6.07) is 22.0. The minimum atomic E-state index is -0.623. The molecular formula is C25H16ClN5O4S. The van der Waals surface area contributed by atoms with E-state index in [0.717, 1.165) is 16.6 Å². The van der Waals surface area contributed by atoms with Crippen LogP contribution in [0.5, 0.6) is 0 Å². The second kappa shape index (κ2) is 9.61. The summed E-state index contributed by atoms with van der Waals surface area (Å²) in [5.74, 6) is 0.160. The maximum atomic E-state index is 12.7. The number of carbonyl (C=O) groups is 1. The first-order valence-electron chi connectivity index (χ1n) is 10.6. The summed E-state index contributed by atoms with van der Waals surface area (Å²) in [6.45, 7) is 0. The number of H-pyrrole nitrogens is 1. The molecule has 0 radical (unpaired) electrons. The quantitative estimate of drug-likeness (QED) is 0.144. The van der Waals surface area contributed by atoms with Crippen molar-refractivity contribution in [3.8, 4) is 22.7 Å². The van der Waals surface area contributed by atoms with Gasteiger partial charge in [-0.15, -0.1) is 0 Å². The number of benzene rings is 3. The number of furan rings is 1. The molecule has 0 aliphatic carbocycles. The van der Waals surface area contributed by atoms with Crippen LogP contribution in [0.1, 0.15) is 10.6 Å². The Hall–Kier alpha value is -4.54. The van der Waals surface area contributed by atoms with Crippen molar-refractivity contribution in [3.05, 3.63) is 99.8 Å². The van der Waals surface area contributed by atoms with E-state index >= 15 is 0 Å². The van der Waals surface area contributed by atoms with Crippen LogP contribution in [0.2, 0.25) is 5.02 Å². The normalized spacial score (nSPS) is 10.8. The van der Waals surface area contributed by atoms with Crippen LogP contribution < -0.4 is 10.6 Å². The van der Waals surface area contributed by atoms with E-state index in [4.69, 9.17) is 28.2 Å². The average molecular weight is 518 g/mol. The van der Waals surface area contributed by atoms with Crippen LogP contribution in [-0.4, -0.2) is 25.9 Å². The summed E-state index contributed by atoms with van der Waals surface area (Å²) in [6.07, 6.45) is 0. The number of aromatic amines is 1. The molecule has 0 fully saturated rings. The van der Waals surface area contributed by atoms with Gasteiger partial charge in [0.15, 0.2) is 10.9 Å². The molecule has 36 heavy (non-hydrogen) atoms. The minimum Gasteiger partial charge on any atom is -0.451 e. The van der Waals surface area contributed by atoms with E-state index in [2.05, 4.69) is 20.6 Å². The van der Waals surface area contributed by atoms with Crippen LogP contribution in [-0.2, 0) is 0 Å². The average Bonchev–Trinajstić information content (AvgIpc) is 3.53. The third-order valence-corrected chi connectivity index (χ3v) is 5.83. The van der Waals surface area contributed by atoms with Gasteiger partial charge in [0.2, 0.25) is 0 Å². The van der Waals surface area contributed by atoms with Crippen molar-refractivity contribution in [2.24, 2.45) is 0 Å². The van der Waals surface area contributed by atoms with Crippen molar-refractivity contribution in [3.63, 3.8) is 0 Å². The standard InChI is InChI=1S/C25H16ClN5O4S/c26-16-10-9-14(23-27-17-6-2-3-7-18(17)28-23)13-19(16)29-25(36)30-24(32)22-12-11-21(35-22)15-5-1-4-8-20(15)31(33)34/h1-13H,(H,27,28)(H2,29,30,32,36). The second-order valence-corrected chi connectivity index (χ2v) is 8.46. The lowest BCUT2D eigenvalue weighted by atomic mass is 10.1. The number of anilines is 1. The fraction of sp³-hybridized carbons (Fsp3) is 0. The van der Waals surface area contributed by atoms with Gasteiger partial charge in [0, 0.05) is 11.6 Å². The molecule has 0 atom stereocenters. The summed E-state index contributed by atoms with van der Waals surface area (Å²) in [5, 5.41) is 17.1. The summed E-state index contributed by atoms with van der Waals surface area (Å²) in [7, 11) is 0. The van der Waals surface area contributed by atoms with E-state index < -0.39 is 10.8 Å². The lowest BCUT2D eigenvalue weighted by Gasteiger charge is -2.11. The molecule has 178 valence electrons. The minimum absolute atomic E-state index is 0.00713. The van der Waals surface area contributed by atoms with Crippen molar-refractivity contribution < 1.29 is 14.1 Å². The van der Waals surface area contributed by atoms with E-state index in [1.165, 1.54) is 18.2 Å². The molecule has 5 rings (SSSR count). The van der Waals surface area contributed by atoms with Crippen molar-refractivity contribution in [2.45, 2.75) is 0 Å². The Morgan fingerprint density at radius 2 is 1.83 bits per heavy atom. The van der Waals surface area contributed by atoms with E-state index in [1.54, 1.807) is 30.3 Å². The van der Waals surface area contributed by atoms with Gasteiger partial charge in [-0.3, -0.25) is 20.2 Å². The highest BCUT2D eigenvalue weighted by molar-refractivity contribution is 7.80. The van der Waals surface area contributed by atoms with Gasteiger partial charge in [-0.1, -0.05) is 35.9 Å². The zero-order chi connectivity index (χ0) is 25.2.